The lowest BCUT2D eigenvalue weighted by Gasteiger charge is -2.09. The monoisotopic (exact) mass is 284 g/mol. The number of hydrogen-bond acceptors (Lipinski definition) is 3. The number of nitrogens with zero attached hydrogens (tertiary/aromatic N) is 1. The zero-order chi connectivity index (χ0) is 15.1. The van der Waals surface area contributed by atoms with E-state index in [4.69, 9.17) is 10.5 Å². The predicted octanol–water partition coefficient (Wildman–Crippen LogP) is 4.24. The van der Waals surface area contributed by atoms with Gasteiger partial charge in [0.1, 0.15) is 5.75 Å². The molecule has 0 spiro atoms. The van der Waals surface area contributed by atoms with E-state index in [1.54, 1.807) is 0 Å². The number of benzene rings is 1. The Morgan fingerprint density at radius 3 is 2.29 bits per heavy atom. The minimum Gasteiger partial charge on any atom is -0.439 e. The van der Waals surface area contributed by atoms with E-state index in [1.807, 2.05) is 18.2 Å². The lowest BCUT2D eigenvalue weighted by molar-refractivity contribution is 0.459. The smallest absolute Gasteiger partial charge is 0.219 e. The third-order valence-electron chi connectivity index (χ3n) is 3.34. The first-order valence-corrected chi connectivity index (χ1v) is 7.71. The van der Waals surface area contributed by atoms with Gasteiger partial charge in [-0.2, -0.15) is 0 Å². The summed E-state index contributed by atoms with van der Waals surface area (Å²) in [6.07, 6.45) is 4.26. The van der Waals surface area contributed by atoms with Gasteiger partial charge in [-0.3, -0.25) is 0 Å². The molecule has 0 bridgehead atoms. The topological polar surface area (TPSA) is 48.1 Å². The van der Waals surface area contributed by atoms with E-state index < -0.39 is 0 Å². The summed E-state index contributed by atoms with van der Waals surface area (Å²) in [4.78, 5) is 4.55. The van der Waals surface area contributed by atoms with Gasteiger partial charge in [0.15, 0.2) is 0 Å². The number of aromatic nitrogens is 1. The minimum absolute atomic E-state index is 0.505. The molecule has 0 aliphatic rings. The fraction of sp³-hybridized carbons (Fsp3) is 0.389. The highest BCUT2D eigenvalue weighted by molar-refractivity contribution is 5.33. The van der Waals surface area contributed by atoms with Gasteiger partial charge in [-0.25, -0.2) is 4.98 Å². The highest BCUT2D eigenvalue weighted by Crippen LogP contribution is 2.22. The van der Waals surface area contributed by atoms with Gasteiger partial charge >= 0.3 is 0 Å². The SMILES string of the molecule is CCCc1ccc(Oc2cc(CN)cc(CCC)n2)cc1. The molecule has 0 saturated heterocycles. The molecule has 1 aromatic carbocycles. The van der Waals surface area contributed by atoms with Gasteiger partial charge in [0.05, 0.1) is 0 Å². The number of ether oxygens (including phenoxy) is 1. The molecule has 0 unspecified atom stereocenters. The average molecular weight is 284 g/mol. The van der Waals surface area contributed by atoms with Crippen LogP contribution in [0.2, 0.25) is 0 Å². The number of nitrogens with two attached hydrogens (primary N) is 1. The second kappa shape index (κ2) is 7.79. The van der Waals surface area contributed by atoms with Crippen molar-refractivity contribution < 1.29 is 4.74 Å². The molecule has 2 aromatic rings. The molecule has 0 amide bonds. The Hall–Kier alpha value is -1.87. The van der Waals surface area contributed by atoms with Crippen molar-refractivity contribution in [3.63, 3.8) is 0 Å². The summed E-state index contributed by atoms with van der Waals surface area (Å²) < 4.78 is 5.87. The molecule has 1 aromatic heterocycles. The Morgan fingerprint density at radius 1 is 0.952 bits per heavy atom. The summed E-state index contributed by atoms with van der Waals surface area (Å²) in [6, 6.07) is 12.2. The van der Waals surface area contributed by atoms with Crippen LogP contribution in [0.5, 0.6) is 11.6 Å². The molecule has 112 valence electrons. The van der Waals surface area contributed by atoms with Crippen molar-refractivity contribution in [1.29, 1.82) is 0 Å². The molecular formula is C18H24N2O. The van der Waals surface area contributed by atoms with Crippen molar-refractivity contribution in [2.45, 2.75) is 46.1 Å². The maximum atomic E-state index is 5.87. The molecule has 0 saturated carbocycles. The number of rotatable bonds is 7. The third-order valence-corrected chi connectivity index (χ3v) is 3.34. The second-order valence-electron chi connectivity index (χ2n) is 5.26. The van der Waals surface area contributed by atoms with Crippen LogP contribution in [0.3, 0.4) is 0 Å². The summed E-state index contributed by atoms with van der Waals surface area (Å²) >= 11 is 0. The van der Waals surface area contributed by atoms with Crippen LogP contribution in [0.1, 0.15) is 43.5 Å². The largest absolute Gasteiger partial charge is 0.439 e. The van der Waals surface area contributed by atoms with Gasteiger partial charge in [-0.05, 0) is 42.2 Å². The van der Waals surface area contributed by atoms with Crippen molar-refractivity contribution in [3.8, 4) is 11.6 Å². The maximum Gasteiger partial charge on any atom is 0.219 e. The van der Waals surface area contributed by atoms with Crippen LogP contribution in [-0.4, -0.2) is 4.98 Å². The van der Waals surface area contributed by atoms with E-state index in [1.165, 1.54) is 5.56 Å². The molecule has 3 nitrogen and oxygen atoms in total. The van der Waals surface area contributed by atoms with Crippen LogP contribution in [-0.2, 0) is 19.4 Å². The van der Waals surface area contributed by atoms with Crippen molar-refractivity contribution >= 4 is 0 Å². The summed E-state index contributed by atoms with van der Waals surface area (Å²) in [6.45, 7) is 4.83. The third kappa shape index (κ3) is 4.57. The summed E-state index contributed by atoms with van der Waals surface area (Å²) in [5.41, 5.74) is 9.18. The van der Waals surface area contributed by atoms with Crippen LogP contribution >= 0.6 is 0 Å². The van der Waals surface area contributed by atoms with Gasteiger partial charge in [-0.1, -0.05) is 38.8 Å². The van der Waals surface area contributed by atoms with Crippen molar-refractivity contribution in [2.75, 3.05) is 0 Å². The predicted molar refractivity (Wildman–Crippen MR) is 86.6 cm³/mol. The van der Waals surface area contributed by atoms with E-state index in [-0.39, 0.29) is 0 Å². The zero-order valence-corrected chi connectivity index (χ0v) is 12.9. The van der Waals surface area contributed by atoms with Crippen molar-refractivity contribution in [1.82, 2.24) is 4.98 Å². The number of hydrogen-bond donors (Lipinski definition) is 1. The highest BCUT2D eigenvalue weighted by atomic mass is 16.5. The Labute approximate surface area is 127 Å². The van der Waals surface area contributed by atoms with Gasteiger partial charge in [0, 0.05) is 18.3 Å². The molecule has 2 rings (SSSR count). The van der Waals surface area contributed by atoms with E-state index in [2.05, 4.69) is 37.0 Å². The first kappa shape index (κ1) is 15.5. The first-order chi connectivity index (χ1) is 10.2. The maximum absolute atomic E-state index is 5.87. The molecule has 2 N–H and O–H groups in total. The average Bonchev–Trinajstić information content (AvgIpc) is 2.49. The van der Waals surface area contributed by atoms with Gasteiger partial charge < -0.3 is 10.5 Å². The van der Waals surface area contributed by atoms with E-state index >= 15 is 0 Å². The summed E-state index contributed by atoms with van der Waals surface area (Å²) in [7, 11) is 0. The minimum atomic E-state index is 0.505. The summed E-state index contributed by atoms with van der Waals surface area (Å²) in [5.74, 6) is 1.45. The normalized spacial score (nSPS) is 10.6. The summed E-state index contributed by atoms with van der Waals surface area (Å²) in [5, 5.41) is 0. The molecule has 21 heavy (non-hydrogen) atoms. The molecular weight excluding hydrogens is 260 g/mol. The van der Waals surface area contributed by atoms with Crippen LogP contribution < -0.4 is 10.5 Å². The van der Waals surface area contributed by atoms with Gasteiger partial charge in [0.2, 0.25) is 5.88 Å². The van der Waals surface area contributed by atoms with Gasteiger partial charge in [-0.15, -0.1) is 0 Å². The first-order valence-electron chi connectivity index (χ1n) is 7.71. The van der Waals surface area contributed by atoms with E-state index in [9.17, 15) is 0 Å². The van der Waals surface area contributed by atoms with E-state index in [0.717, 1.165) is 42.7 Å². The second-order valence-corrected chi connectivity index (χ2v) is 5.26. The number of pyridine rings is 1. The standard InChI is InChI=1S/C18H24N2O/c1-3-5-14-7-9-17(10-8-14)21-18-12-15(13-19)11-16(20-18)6-4-2/h7-12H,3-6,13,19H2,1-2H3. The van der Waals surface area contributed by atoms with E-state index in [0.29, 0.717) is 12.4 Å². The fourth-order valence-corrected chi connectivity index (χ4v) is 2.31. The fourth-order valence-electron chi connectivity index (χ4n) is 2.31. The van der Waals surface area contributed by atoms with Crippen molar-refractivity contribution in [2.24, 2.45) is 5.73 Å². The van der Waals surface area contributed by atoms with Crippen LogP contribution in [0.15, 0.2) is 36.4 Å². The molecule has 0 atom stereocenters. The molecule has 0 aliphatic carbocycles. The molecule has 3 heteroatoms. The van der Waals surface area contributed by atoms with Crippen molar-refractivity contribution in [3.05, 3.63) is 53.2 Å². The number of aryl methyl sites for hydroxylation is 2. The Bertz CT molecular complexity index is 564. The van der Waals surface area contributed by atoms with Crippen LogP contribution in [0.25, 0.3) is 0 Å². The molecule has 0 aliphatic heterocycles. The molecule has 0 fully saturated rings. The molecule has 1 heterocycles. The van der Waals surface area contributed by atoms with Crippen LogP contribution in [0.4, 0.5) is 0 Å². The lowest BCUT2D eigenvalue weighted by atomic mass is 10.1. The Morgan fingerprint density at radius 2 is 1.67 bits per heavy atom. The van der Waals surface area contributed by atoms with Crippen LogP contribution in [0, 0.1) is 0 Å². The van der Waals surface area contributed by atoms with Gasteiger partial charge in [0.25, 0.3) is 0 Å². The lowest BCUT2D eigenvalue weighted by Crippen LogP contribution is -2.01. The highest BCUT2D eigenvalue weighted by Gasteiger charge is 2.04. The quantitative estimate of drug-likeness (QED) is 0.827. The zero-order valence-electron chi connectivity index (χ0n) is 12.9. The Kier molecular flexibility index (Phi) is 5.76. The molecule has 0 radical (unpaired) electrons. The Balaban J connectivity index is 2.15.